The van der Waals surface area contributed by atoms with Crippen LogP contribution < -0.4 is 5.32 Å². The number of methoxy groups -OCH3 is 1. The molecule has 0 atom stereocenters. The predicted molar refractivity (Wildman–Crippen MR) is 103 cm³/mol. The summed E-state index contributed by atoms with van der Waals surface area (Å²) in [5, 5.41) is 5.02. The lowest BCUT2D eigenvalue weighted by Crippen LogP contribution is -2.01. The van der Waals surface area contributed by atoms with Gasteiger partial charge in [-0.05, 0) is 43.2 Å². The number of allylic oxidation sites excluding steroid dienone is 1. The van der Waals surface area contributed by atoms with Crippen LogP contribution in [-0.4, -0.2) is 28.3 Å². The first kappa shape index (κ1) is 17.5. The van der Waals surface area contributed by atoms with Gasteiger partial charge in [0.2, 0.25) is 5.95 Å². The van der Waals surface area contributed by atoms with Gasteiger partial charge in [0, 0.05) is 43.1 Å². The van der Waals surface area contributed by atoms with Crippen LogP contribution in [0.3, 0.4) is 0 Å². The maximum absolute atomic E-state index is 6.33. The van der Waals surface area contributed by atoms with Crippen molar-refractivity contribution in [3.8, 4) is 0 Å². The highest BCUT2D eigenvalue weighted by Gasteiger charge is 2.10. The number of benzene rings is 1. The molecule has 1 aromatic carbocycles. The van der Waals surface area contributed by atoms with E-state index in [2.05, 4.69) is 38.7 Å². The Morgan fingerprint density at radius 3 is 2.96 bits per heavy atom. The molecule has 0 aliphatic heterocycles. The number of halogens is 1. The van der Waals surface area contributed by atoms with E-state index in [1.165, 1.54) is 0 Å². The SMILES string of the molecule is C=C(C)c1ccnc(Nc2cc(Cl)cc3c2ccn3CCCOC)n1. The van der Waals surface area contributed by atoms with Crippen molar-refractivity contribution in [2.45, 2.75) is 19.9 Å². The summed E-state index contributed by atoms with van der Waals surface area (Å²) in [6.07, 6.45) is 4.73. The molecule has 0 amide bonds. The van der Waals surface area contributed by atoms with E-state index in [4.69, 9.17) is 16.3 Å². The average molecular weight is 357 g/mol. The fourth-order valence-corrected chi connectivity index (χ4v) is 2.93. The van der Waals surface area contributed by atoms with Gasteiger partial charge in [0.15, 0.2) is 0 Å². The van der Waals surface area contributed by atoms with E-state index in [1.54, 1.807) is 13.3 Å². The van der Waals surface area contributed by atoms with Crippen LogP contribution in [0, 0.1) is 0 Å². The molecule has 2 heterocycles. The van der Waals surface area contributed by atoms with Gasteiger partial charge in [0.25, 0.3) is 0 Å². The molecule has 1 N–H and O–H groups in total. The molecular weight excluding hydrogens is 336 g/mol. The first-order valence-corrected chi connectivity index (χ1v) is 8.49. The molecule has 0 aliphatic rings. The lowest BCUT2D eigenvalue weighted by molar-refractivity contribution is 0.190. The highest BCUT2D eigenvalue weighted by molar-refractivity contribution is 6.32. The second-order valence-corrected chi connectivity index (χ2v) is 6.35. The van der Waals surface area contributed by atoms with E-state index in [1.807, 2.05) is 25.1 Å². The van der Waals surface area contributed by atoms with Crippen LogP contribution in [0.25, 0.3) is 16.5 Å². The molecule has 0 unspecified atom stereocenters. The summed E-state index contributed by atoms with van der Waals surface area (Å²) in [7, 11) is 1.71. The molecule has 0 fully saturated rings. The highest BCUT2D eigenvalue weighted by Crippen LogP contribution is 2.31. The zero-order chi connectivity index (χ0) is 17.8. The van der Waals surface area contributed by atoms with Gasteiger partial charge in [-0.3, -0.25) is 0 Å². The number of nitrogens with one attached hydrogen (secondary N) is 1. The summed E-state index contributed by atoms with van der Waals surface area (Å²) in [5.41, 5.74) is 3.66. The zero-order valence-electron chi connectivity index (χ0n) is 14.4. The summed E-state index contributed by atoms with van der Waals surface area (Å²) in [4.78, 5) is 8.77. The predicted octanol–water partition coefficient (Wildman–Crippen LogP) is 4.90. The van der Waals surface area contributed by atoms with Gasteiger partial charge in [-0.2, -0.15) is 0 Å². The Labute approximate surface area is 152 Å². The van der Waals surface area contributed by atoms with Gasteiger partial charge < -0.3 is 14.6 Å². The Balaban J connectivity index is 1.93. The van der Waals surface area contributed by atoms with Crippen molar-refractivity contribution in [1.82, 2.24) is 14.5 Å². The third-order valence-electron chi connectivity index (χ3n) is 3.94. The number of rotatable bonds is 7. The summed E-state index contributed by atoms with van der Waals surface area (Å²) < 4.78 is 7.31. The number of aryl methyl sites for hydroxylation is 1. The van der Waals surface area contributed by atoms with Crippen LogP contribution in [0.2, 0.25) is 5.02 Å². The maximum atomic E-state index is 6.33. The number of fused-ring (bicyclic) bond motifs is 1. The number of hydrogen-bond acceptors (Lipinski definition) is 4. The van der Waals surface area contributed by atoms with Crippen LogP contribution >= 0.6 is 11.6 Å². The summed E-state index contributed by atoms with van der Waals surface area (Å²) in [5.74, 6) is 0.524. The normalized spacial score (nSPS) is 11.0. The monoisotopic (exact) mass is 356 g/mol. The Hall–Kier alpha value is -2.37. The van der Waals surface area contributed by atoms with E-state index in [0.717, 1.165) is 47.4 Å². The summed E-state index contributed by atoms with van der Waals surface area (Å²) >= 11 is 6.33. The Morgan fingerprint density at radius 1 is 1.36 bits per heavy atom. The van der Waals surface area contributed by atoms with Crippen molar-refractivity contribution < 1.29 is 4.74 Å². The van der Waals surface area contributed by atoms with Crippen LogP contribution in [0.5, 0.6) is 0 Å². The van der Waals surface area contributed by atoms with Crippen LogP contribution in [-0.2, 0) is 11.3 Å². The summed E-state index contributed by atoms with van der Waals surface area (Å²) in [6.45, 7) is 7.45. The van der Waals surface area contributed by atoms with E-state index in [0.29, 0.717) is 11.0 Å². The third kappa shape index (κ3) is 4.00. The van der Waals surface area contributed by atoms with Gasteiger partial charge in [0.1, 0.15) is 0 Å². The summed E-state index contributed by atoms with van der Waals surface area (Å²) in [6, 6.07) is 7.77. The van der Waals surface area contributed by atoms with Crippen molar-refractivity contribution in [3.63, 3.8) is 0 Å². The van der Waals surface area contributed by atoms with Crippen LogP contribution in [0.15, 0.2) is 43.2 Å². The standard InChI is InChI=1S/C19H21ClN4O/c1-13(2)16-5-7-21-19(22-16)23-17-11-14(20)12-18-15(17)6-9-24(18)8-4-10-25-3/h5-7,9,11-12H,1,4,8,10H2,2-3H3,(H,21,22,23). The van der Waals surface area contributed by atoms with Crippen molar-refractivity contribution in [2.24, 2.45) is 0 Å². The minimum atomic E-state index is 0.524. The number of ether oxygens (including phenoxy) is 1. The smallest absolute Gasteiger partial charge is 0.227 e. The molecule has 0 aliphatic carbocycles. The lowest BCUT2D eigenvalue weighted by Gasteiger charge is -2.10. The number of anilines is 2. The molecule has 0 saturated carbocycles. The topological polar surface area (TPSA) is 52.0 Å². The second kappa shape index (κ2) is 7.68. The number of hydrogen-bond donors (Lipinski definition) is 1. The molecule has 2 aromatic heterocycles. The molecule has 130 valence electrons. The molecule has 3 aromatic rings. The maximum Gasteiger partial charge on any atom is 0.227 e. The minimum absolute atomic E-state index is 0.524. The average Bonchev–Trinajstić information content (AvgIpc) is 2.98. The van der Waals surface area contributed by atoms with Crippen molar-refractivity contribution >= 4 is 39.7 Å². The largest absolute Gasteiger partial charge is 0.385 e. The van der Waals surface area contributed by atoms with Crippen molar-refractivity contribution in [1.29, 1.82) is 0 Å². The van der Waals surface area contributed by atoms with Gasteiger partial charge in [-0.1, -0.05) is 18.2 Å². The lowest BCUT2D eigenvalue weighted by atomic mass is 10.2. The highest BCUT2D eigenvalue weighted by atomic mass is 35.5. The molecule has 0 bridgehead atoms. The van der Waals surface area contributed by atoms with Crippen LogP contribution in [0.4, 0.5) is 11.6 Å². The van der Waals surface area contributed by atoms with Gasteiger partial charge in [-0.15, -0.1) is 0 Å². The zero-order valence-corrected chi connectivity index (χ0v) is 15.2. The van der Waals surface area contributed by atoms with E-state index in [9.17, 15) is 0 Å². The van der Waals surface area contributed by atoms with E-state index < -0.39 is 0 Å². The van der Waals surface area contributed by atoms with Crippen LogP contribution in [0.1, 0.15) is 19.0 Å². The van der Waals surface area contributed by atoms with Gasteiger partial charge >= 0.3 is 0 Å². The molecule has 5 nitrogen and oxygen atoms in total. The first-order chi connectivity index (χ1) is 12.1. The Bertz CT molecular complexity index is 904. The Morgan fingerprint density at radius 2 is 2.20 bits per heavy atom. The van der Waals surface area contributed by atoms with Gasteiger partial charge in [-0.25, -0.2) is 9.97 Å². The van der Waals surface area contributed by atoms with Crippen molar-refractivity contribution in [2.75, 3.05) is 19.0 Å². The third-order valence-corrected chi connectivity index (χ3v) is 4.16. The molecule has 3 rings (SSSR count). The van der Waals surface area contributed by atoms with Crippen molar-refractivity contribution in [3.05, 3.63) is 54.0 Å². The van der Waals surface area contributed by atoms with Gasteiger partial charge in [0.05, 0.1) is 16.9 Å². The van der Waals surface area contributed by atoms with E-state index in [-0.39, 0.29) is 0 Å². The quantitative estimate of drug-likeness (QED) is 0.612. The molecule has 0 radical (unpaired) electrons. The molecule has 6 heteroatoms. The minimum Gasteiger partial charge on any atom is -0.385 e. The molecule has 0 spiro atoms. The second-order valence-electron chi connectivity index (χ2n) is 5.91. The number of nitrogens with zero attached hydrogens (tertiary/aromatic N) is 3. The molecule has 25 heavy (non-hydrogen) atoms. The van der Waals surface area contributed by atoms with E-state index >= 15 is 0 Å². The fraction of sp³-hybridized carbons (Fsp3) is 0.263. The number of aromatic nitrogens is 3. The first-order valence-electron chi connectivity index (χ1n) is 8.12. The fourth-order valence-electron chi connectivity index (χ4n) is 2.72. The molecule has 0 saturated heterocycles. The molecular formula is C19H21ClN4O. The Kier molecular flexibility index (Phi) is 5.36.